The summed E-state index contributed by atoms with van der Waals surface area (Å²) in [6.07, 6.45) is 6.90. The van der Waals surface area contributed by atoms with Gasteiger partial charge in [0, 0.05) is 37.8 Å². The van der Waals surface area contributed by atoms with Crippen LogP contribution in [0.3, 0.4) is 0 Å². The molecule has 8 nitrogen and oxygen atoms in total. The van der Waals surface area contributed by atoms with Crippen molar-refractivity contribution in [2.75, 3.05) is 19.7 Å². The van der Waals surface area contributed by atoms with Crippen molar-refractivity contribution in [3.05, 3.63) is 106 Å². The molecule has 0 saturated carbocycles. The molecule has 2 aliphatic heterocycles. The summed E-state index contributed by atoms with van der Waals surface area (Å²) in [6, 6.07) is 20.6. The summed E-state index contributed by atoms with van der Waals surface area (Å²) in [5.41, 5.74) is 5.27. The molecule has 1 aliphatic carbocycles. The fourth-order valence-corrected chi connectivity index (χ4v) is 8.38. The number of carbonyl (C=O) groups is 2. The summed E-state index contributed by atoms with van der Waals surface area (Å²) < 4.78 is 0. The molecule has 2 aromatic carbocycles. The minimum atomic E-state index is -0.916. The van der Waals surface area contributed by atoms with Crippen molar-refractivity contribution < 1.29 is 24.9 Å². The van der Waals surface area contributed by atoms with Crippen LogP contribution in [0.2, 0.25) is 5.02 Å². The van der Waals surface area contributed by atoms with Gasteiger partial charge >= 0.3 is 0 Å². The summed E-state index contributed by atoms with van der Waals surface area (Å²) >= 11 is 6.45. The Kier molecular flexibility index (Phi) is 11.3. The number of phenols is 1. The second kappa shape index (κ2) is 15.8. The Labute approximate surface area is 293 Å². The summed E-state index contributed by atoms with van der Waals surface area (Å²) in [5.74, 6) is -2.05. The smallest absolute Gasteiger partial charge is 0.234 e. The van der Waals surface area contributed by atoms with E-state index in [1.165, 1.54) is 16.5 Å². The van der Waals surface area contributed by atoms with Crippen LogP contribution in [-0.2, 0) is 16.1 Å². The number of likely N-dealkylation sites (tertiary alicyclic amines) is 2. The third-order valence-electron chi connectivity index (χ3n) is 10.5. The van der Waals surface area contributed by atoms with E-state index in [2.05, 4.69) is 28.9 Å². The maximum atomic E-state index is 14.2. The molecule has 4 atom stereocenters. The van der Waals surface area contributed by atoms with Gasteiger partial charge in [-0.25, -0.2) is 0 Å². The molecule has 49 heavy (non-hydrogen) atoms. The highest BCUT2D eigenvalue weighted by atomic mass is 35.5. The number of aromatic nitrogens is 1. The number of allylic oxidation sites excluding steroid dienone is 2. The van der Waals surface area contributed by atoms with Gasteiger partial charge in [0.2, 0.25) is 11.8 Å². The van der Waals surface area contributed by atoms with E-state index >= 15 is 0 Å². The van der Waals surface area contributed by atoms with Gasteiger partial charge in [-0.3, -0.25) is 24.4 Å². The number of piperidine rings is 1. The highest BCUT2D eigenvalue weighted by molar-refractivity contribution is 6.32. The zero-order valence-electron chi connectivity index (χ0n) is 28.0. The minimum absolute atomic E-state index is 0.0741. The van der Waals surface area contributed by atoms with E-state index in [1.807, 2.05) is 42.5 Å². The number of benzene rings is 2. The average molecular weight is 684 g/mol. The summed E-state index contributed by atoms with van der Waals surface area (Å²) in [4.78, 5) is 36.6. The highest BCUT2D eigenvalue weighted by Crippen LogP contribution is 2.48. The molecule has 9 heteroatoms. The quantitative estimate of drug-likeness (QED) is 0.148. The third kappa shape index (κ3) is 7.68. The van der Waals surface area contributed by atoms with Crippen LogP contribution in [0.15, 0.2) is 84.1 Å². The first-order chi connectivity index (χ1) is 23.8. The SMILES string of the molecule is CCCC1=C([C@H](O)CC/C(=C/c2ccc(O)cc2Cl)c2ccccn2)[C@H](CO)[C@@H]2C(=O)N(C3CCN(Cc4ccccc4)CC3)C(=O)[C@@H]2C1. The van der Waals surface area contributed by atoms with Gasteiger partial charge in [0.15, 0.2) is 0 Å². The number of rotatable bonds is 12. The predicted molar refractivity (Wildman–Crippen MR) is 191 cm³/mol. The average Bonchev–Trinajstić information content (AvgIpc) is 3.36. The number of fused-ring (bicyclic) bond motifs is 1. The molecular formula is C40H46ClN3O5. The molecule has 258 valence electrons. The van der Waals surface area contributed by atoms with Crippen molar-refractivity contribution in [1.29, 1.82) is 0 Å². The topological polar surface area (TPSA) is 114 Å². The maximum absolute atomic E-state index is 14.2. The van der Waals surface area contributed by atoms with Gasteiger partial charge < -0.3 is 15.3 Å². The van der Waals surface area contributed by atoms with E-state index in [1.54, 1.807) is 18.3 Å². The Hall–Kier alpha value is -3.82. The number of hydrogen-bond donors (Lipinski definition) is 3. The standard InChI is InChI=1S/C40H46ClN3O5/c1-2-8-29-22-32-38(40(49)44(39(32)48)30-16-19-43(20-17-30)24-26-9-4-3-5-10-26)33(25-45)37(29)36(47)15-13-28(35-11-6-7-18-42-35)21-27-12-14-31(46)23-34(27)41/h3-7,9-12,14,18,21,23,30,32-33,36,38,45-47H,2,8,13,15-17,19-20,22,24-25H2,1H3/b28-21-/t32-,33+,36-,38-/m1/s1. The minimum Gasteiger partial charge on any atom is -0.508 e. The largest absolute Gasteiger partial charge is 0.508 e. The summed E-state index contributed by atoms with van der Waals surface area (Å²) in [5, 5.41) is 33.0. The molecule has 3 N–H and O–H groups in total. The predicted octanol–water partition coefficient (Wildman–Crippen LogP) is 6.50. The monoisotopic (exact) mass is 683 g/mol. The third-order valence-corrected chi connectivity index (χ3v) is 10.8. The van der Waals surface area contributed by atoms with Gasteiger partial charge in [-0.15, -0.1) is 0 Å². The number of halogens is 1. The molecule has 3 heterocycles. The number of hydrogen-bond acceptors (Lipinski definition) is 7. The number of aliphatic hydroxyl groups is 2. The van der Waals surface area contributed by atoms with Crippen LogP contribution in [0.4, 0.5) is 0 Å². The normalized spacial score (nSPS) is 22.9. The summed E-state index contributed by atoms with van der Waals surface area (Å²) in [6.45, 7) is 4.21. The lowest BCUT2D eigenvalue weighted by molar-refractivity contribution is -0.144. The lowest BCUT2D eigenvalue weighted by Gasteiger charge is -2.37. The van der Waals surface area contributed by atoms with Gasteiger partial charge in [-0.1, -0.05) is 66.9 Å². The molecule has 2 fully saturated rings. The molecule has 3 aromatic rings. The van der Waals surface area contributed by atoms with E-state index < -0.39 is 23.9 Å². The fourth-order valence-electron chi connectivity index (χ4n) is 8.15. The van der Waals surface area contributed by atoms with E-state index in [4.69, 9.17) is 11.6 Å². The van der Waals surface area contributed by atoms with Crippen molar-refractivity contribution in [3.63, 3.8) is 0 Å². The molecule has 2 amide bonds. The zero-order chi connectivity index (χ0) is 34.5. The highest BCUT2D eigenvalue weighted by Gasteiger charge is 2.56. The Morgan fingerprint density at radius 2 is 1.80 bits per heavy atom. The number of nitrogens with zero attached hydrogens (tertiary/aromatic N) is 3. The van der Waals surface area contributed by atoms with Crippen molar-refractivity contribution in [2.24, 2.45) is 17.8 Å². The Balaban J connectivity index is 1.20. The number of aliphatic hydroxyl groups excluding tert-OH is 2. The Morgan fingerprint density at radius 3 is 2.47 bits per heavy atom. The Morgan fingerprint density at radius 1 is 1.04 bits per heavy atom. The van der Waals surface area contributed by atoms with Crippen molar-refractivity contribution in [1.82, 2.24) is 14.8 Å². The number of amides is 2. The second-order valence-corrected chi connectivity index (χ2v) is 14.0. The van der Waals surface area contributed by atoms with Crippen LogP contribution < -0.4 is 0 Å². The first-order valence-electron chi connectivity index (χ1n) is 17.5. The zero-order valence-corrected chi connectivity index (χ0v) is 28.8. The number of phenolic OH excluding ortho intramolecular Hbond substituents is 1. The molecule has 6 rings (SSSR count). The van der Waals surface area contributed by atoms with E-state index in [0.717, 1.165) is 61.3 Å². The second-order valence-electron chi connectivity index (χ2n) is 13.6. The van der Waals surface area contributed by atoms with Gasteiger partial charge in [-0.2, -0.15) is 0 Å². The van der Waals surface area contributed by atoms with Crippen molar-refractivity contribution >= 4 is 35.1 Å². The molecule has 2 saturated heterocycles. The van der Waals surface area contributed by atoms with Crippen LogP contribution >= 0.6 is 11.6 Å². The molecule has 1 aromatic heterocycles. The number of imide groups is 1. The van der Waals surface area contributed by atoms with E-state index in [-0.39, 0.29) is 30.2 Å². The van der Waals surface area contributed by atoms with Crippen LogP contribution in [0.5, 0.6) is 5.75 Å². The number of pyridine rings is 1. The fraction of sp³-hybridized carbons (Fsp3) is 0.425. The van der Waals surface area contributed by atoms with Gasteiger partial charge in [0.1, 0.15) is 5.75 Å². The Bertz CT molecular complexity index is 1690. The molecule has 0 unspecified atom stereocenters. The lowest BCUT2D eigenvalue weighted by Crippen LogP contribution is -2.47. The van der Waals surface area contributed by atoms with Crippen LogP contribution in [0.25, 0.3) is 11.6 Å². The van der Waals surface area contributed by atoms with Gasteiger partial charge in [-0.05, 0) is 97.2 Å². The first-order valence-corrected chi connectivity index (χ1v) is 17.9. The molecular weight excluding hydrogens is 638 g/mol. The first kappa shape index (κ1) is 35.0. The molecule has 0 bridgehead atoms. The van der Waals surface area contributed by atoms with Gasteiger partial charge in [0.05, 0.1) is 35.3 Å². The van der Waals surface area contributed by atoms with Crippen LogP contribution in [0.1, 0.15) is 68.7 Å². The molecule has 0 radical (unpaired) electrons. The van der Waals surface area contributed by atoms with Crippen LogP contribution in [0, 0.1) is 17.8 Å². The van der Waals surface area contributed by atoms with Crippen molar-refractivity contribution in [3.8, 4) is 5.75 Å². The molecule has 0 spiro atoms. The lowest BCUT2D eigenvalue weighted by atomic mass is 9.67. The number of aromatic hydroxyl groups is 1. The molecule has 3 aliphatic rings. The van der Waals surface area contributed by atoms with Crippen LogP contribution in [-0.4, -0.2) is 73.8 Å². The van der Waals surface area contributed by atoms with Crippen molar-refractivity contribution in [2.45, 2.75) is 70.6 Å². The maximum Gasteiger partial charge on any atom is 0.234 e. The number of carbonyl (C=O) groups excluding carboxylic acids is 2. The van der Waals surface area contributed by atoms with Gasteiger partial charge in [0.25, 0.3) is 0 Å². The summed E-state index contributed by atoms with van der Waals surface area (Å²) in [7, 11) is 0. The van der Waals surface area contributed by atoms with E-state index in [0.29, 0.717) is 36.3 Å². The van der Waals surface area contributed by atoms with E-state index in [9.17, 15) is 24.9 Å².